The number of fused-ring (bicyclic) bond motifs is 2. The van der Waals surface area contributed by atoms with Crippen molar-refractivity contribution in [3.8, 4) is 0 Å². The van der Waals surface area contributed by atoms with Gasteiger partial charge in [0.2, 0.25) is 0 Å². The number of aryl methyl sites for hydroxylation is 1. The molecule has 5 nitrogen and oxygen atoms in total. The fourth-order valence-corrected chi connectivity index (χ4v) is 4.97. The van der Waals surface area contributed by atoms with E-state index in [-0.39, 0.29) is 5.91 Å². The van der Waals surface area contributed by atoms with E-state index in [0.717, 1.165) is 47.6 Å². The van der Waals surface area contributed by atoms with Gasteiger partial charge in [0.25, 0.3) is 5.91 Å². The average Bonchev–Trinajstić information content (AvgIpc) is 2.83. The number of allylic oxidation sites excluding steroid dienone is 1. The first-order chi connectivity index (χ1) is 16.0. The van der Waals surface area contributed by atoms with Gasteiger partial charge in [0.15, 0.2) is 0 Å². The molecule has 1 aliphatic carbocycles. The largest absolute Gasteiger partial charge is 0.322 e. The lowest BCUT2D eigenvalue weighted by Gasteiger charge is -2.34. The lowest BCUT2D eigenvalue weighted by molar-refractivity contribution is 0.102. The summed E-state index contributed by atoms with van der Waals surface area (Å²) in [6.07, 6.45) is 7.97. The molecule has 0 spiro atoms. The molecular formula is C26H23ClN4OS. The number of nitrogens with one attached hydrogen (secondary N) is 1. The molecule has 0 radical (unpaired) electrons. The van der Waals surface area contributed by atoms with Crippen molar-refractivity contribution >= 4 is 52.1 Å². The third kappa shape index (κ3) is 4.28. The van der Waals surface area contributed by atoms with E-state index >= 15 is 0 Å². The van der Waals surface area contributed by atoms with Crippen LogP contribution in [-0.2, 0) is 6.42 Å². The highest BCUT2D eigenvalue weighted by molar-refractivity contribution is 7.98. The molecule has 0 saturated carbocycles. The molecule has 166 valence electrons. The molecule has 1 N–H and O–H groups in total. The number of pyridine rings is 1. The number of rotatable bonds is 4. The summed E-state index contributed by atoms with van der Waals surface area (Å²) in [6, 6.07) is 16.2. The number of aromatic nitrogens is 1. The molecule has 2 aliphatic rings. The van der Waals surface area contributed by atoms with E-state index < -0.39 is 0 Å². The second kappa shape index (κ2) is 9.04. The van der Waals surface area contributed by atoms with Gasteiger partial charge in [-0.05, 0) is 79.6 Å². The Bertz CT molecular complexity index is 1300. The van der Waals surface area contributed by atoms with Gasteiger partial charge >= 0.3 is 0 Å². The third-order valence-corrected chi connectivity index (χ3v) is 6.98. The van der Waals surface area contributed by atoms with Gasteiger partial charge in [0.05, 0.1) is 22.0 Å². The molecule has 7 heteroatoms. The maximum absolute atomic E-state index is 12.8. The maximum atomic E-state index is 12.8. The van der Waals surface area contributed by atoms with Crippen molar-refractivity contribution in [2.75, 3.05) is 16.6 Å². The van der Waals surface area contributed by atoms with Gasteiger partial charge in [-0.3, -0.25) is 9.78 Å². The number of anilines is 2. The summed E-state index contributed by atoms with van der Waals surface area (Å²) in [4.78, 5) is 18.0. The lowest BCUT2D eigenvalue weighted by atomic mass is 9.85. The summed E-state index contributed by atoms with van der Waals surface area (Å²) in [7, 11) is 0. The highest BCUT2D eigenvalue weighted by atomic mass is 35.5. The third-order valence-electron chi connectivity index (χ3n) is 5.94. The number of carbonyl (C=O) groups excluding carboxylic acids is 1. The maximum Gasteiger partial charge on any atom is 0.257 e. The van der Waals surface area contributed by atoms with Gasteiger partial charge in [-0.1, -0.05) is 17.7 Å². The first kappa shape index (κ1) is 21.7. The van der Waals surface area contributed by atoms with Crippen LogP contribution >= 0.6 is 23.4 Å². The number of halogens is 1. The smallest absolute Gasteiger partial charge is 0.257 e. The summed E-state index contributed by atoms with van der Waals surface area (Å²) < 4.78 is 0. The monoisotopic (exact) mass is 474 g/mol. The predicted octanol–water partition coefficient (Wildman–Crippen LogP) is 6.65. The van der Waals surface area contributed by atoms with Crippen LogP contribution in [0.5, 0.6) is 0 Å². The quantitative estimate of drug-likeness (QED) is 0.430. The summed E-state index contributed by atoms with van der Waals surface area (Å²) in [5.74, 6) is -0.255. The van der Waals surface area contributed by atoms with Crippen LogP contribution in [0.15, 0.2) is 76.5 Å². The minimum absolute atomic E-state index is 0.255. The molecule has 0 bridgehead atoms. The number of benzene rings is 2. The first-order valence-electron chi connectivity index (χ1n) is 10.8. The minimum Gasteiger partial charge on any atom is -0.322 e. The van der Waals surface area contributed by atoms with E-state index in [4.69, 9.17) is 16.7 Å². The minimum atomic E-state index is -0.255. The first-order valence-corrected chi connectivity index (χ1v) is 12.4. The Morgan fingerprint density at radius 2 is 1.94 bits per heavy atom. The van der Waals surface area contributed by atoms with E-state index in [1.54, 1.807) is 24.0 Å². The van der Waals surface area contributed by atoms with Gasteiger partial charge < -0.3 is 5.32 Å². The molecule has 0 atom stereocenters. The van der Waals surface area contributed by atoms with Crippen LogP contribution in [0.25, 0.3) is 5.70 Å². The van der Waals surface area contributed by atoms with Crippen LogP contribution in [0.2, 0.25) is 5.02 Å². The van der Waals surface area contributed by atoms with Crippen molar-refractivity contribution in [1.82, 2.24) is 4.98 Å². The lowest BCUT2D eigenvalue weighted by Crippen LogP contribution is -2.26. The number of amides is 1. The van der Waals surface area contributed by atoms with Gasteiger partial charge in [-0.15, -0.1) is 11.8 Å². The Morgan fingerprint density at radius 1 is 1.12 bits per heavy atom. The van der Waals surface area contributed by atoms with Crippen molar-refractivity contribution < 1.29 is 4.79 Å². The molecule has 1 aliphatic heterocycles. The van der Waals surface area contributed by atoms with Gasteiger partial charge in [-0.25, -0.2) is 5.01 Å². The molecule has 3 aromatic rings. The SMILES string of the molecule is CSc1ccc(N2N=C(C)CC3=C2c2cc(NC(=O)c4ccncc4Cl)ccc2CC3)cc1. The molecule has 2 heterocycles. The summed E-state index contributed by atoms with van der Waals surface area (Å²) in [5.41, 5.74) is 8.13. The van der Waals surface area contributed by atoms with Crippen molar-refractivity contribution in [3.63, 3.8) is 0 Å². The second-order valence-electron chi connectivity index (χ2n) is 8.16. The van der Waals surface area contributed by atoms with Crippen LogP contribution in [0.1, 0.15) is 41.3 Å². The Hall–Kier alpha value is -3.09. The Morgan fingerprint density at radius 3 is 2.70 bits per heavy atom. The standard InChI is InChI=1S/C26H23ClN4OS/c1-16-13-18-4-3-17-5-6-19(29-26(32)22-11-12-28-15-24(22)27)14-23(17)25(18)31(30-16)20-7-9-21(33-2)10-8-20/h5-12,14-15H,3-4,13H2,1-2H3,(H,29,32). The highest BCUT2D eigenvalue weighted by Crippen LogP contribution is 2.41. The molecule has 33 heavy (non-hydrogen) atoms. The summed E-state index contributed by atoms with van der Waals surface area (Å²) >= 11 is 7.88. The molecule has 2 aromatic carbocycles. The molecule has 5 rings (SSSR count). The highest BCUT2D eigenvalue weighted by Gasteiger charge is 2.28. The number of carbonyl (C=O) groups is 1. The molecule has 1 amide bonds. The number of hydrogen-bond donors (Lipinski definition) is 1. The average molecular weight is 475 g/mol. The van der Waals surface area contributed by atoms with E-state index in [2.05, 4.69) is 64.9 Å². The van der Waals surface area contributed by atoms with Gasteiger partial charge in [0.1, 0.15) is 0 Å². The van der Waals surface area contributed by atoms with Crippen LogP contribution in [-0.4, -0.2) is 22.9 Å². The van der Waals surface area contributed by atoms with Crippen LogP contribution in [0.4, 0.5) is 11.4 Å². The van der Waals surface area contributed by atoms with E-state index in [0.29, 0.717) is 10.6 Å². The second-order valence-corrected chi connectivity index (χ2v) is 9.44. The zero-order chi connectivity index (χ0) is 22.9. The number of hydrogen-bond acceptors (Lipinski definition) is 5. The van der Waals surface area contributed by atoms with Gasteiger partial charge in [-0.2, -0.15) is 5.10 Å². The molecule has 0 unspecified atom stereocenters. The van der Waals surface area contributed by atoms with Crippen LogP contribution in [0, 0.1) is 0 Å². The molecule has 0 fully saturated rings. The fourth-order valence-electron chi connectivity index (χ4n) is 4.36. The van der Waals surface area contributed by atoms with E-state index in [1.807, 2.05) is 6.07 Å². The molecular weight excluding hydrogens is 452 g/mol. The van der Waals surface area contributed by atoms with Crippen molar-refractivity contribution in [2.24, 2.45) is 5.10 Å². The summed E-state index contributed by atoms with van der Waals surface area (Å²) in [6.45, 7) is 2.08. The van der Waals surface area contributed by atoms with E-state index in [1.165, 1.54) is 22.2 Å². The zero-order valence-corrected chi connectivity index (χ0v) is 20.0. The van der Waals surface area contributed by atoms with Crippen LogP contribution < -0.4 is 10.3 Å². The fraction of sp³-hybridized carbons (Fsp3) is 0.192. The van der Waals surface area contributed by atoms with Gasteiger partial charge in [0, 0.05) is 40.7 Å². The van der Waals surface area contributed by atoms with Crippen molar-refractivity contribution in [1.29, 1.82) is 0 Å². The molecule has 1 aromatic heterocycles. The number of thioether (sulfide) groups is 1. The zero-order valence-electron chi connectivity index (χ0n) is 18.4. The van der Waals surface area contributed by atoms with Crippen molar-refractivity contribution in [2.45, 2.75) is 31.1 Å². The Balaban J connectivity index is 1.52. The topological polar surface area (TPSA) is 57.6 Å². The number of hydrazone groups is 1. The number of nitrogens with zero attached hydrogens (tertiary/aromatic N) is 3. The van der Waals surface area contributed by atoms with Crippen molar-refractivity contribution in [3.05, 3.63) is 88.2 Å². The molecule has 0 saturated heterocycles. The Labute approximate surface area is 202 Å². The van der Waals surface area contributed by atoms with E-state index in [9.17, 15) is 4.79 Å². The predicted molar refractivity (Wildman–Crippen MR) is 137 cm³/mol. The van der Waals surface area contributed by atoms with Crippen LogP contribution in [0.3, 0.4) is 0 Å². The normalized spacial score (nSPS) is 15.0. The Kier molecular flexibility index (Phi) is 5.96. The summed E-state index contributed by atoms with van der Waals surface area (Å²) in [5, 5.41) is 10.3.